The Bertz CT molecular complexity index is 559. The van der Waals surface area contributed by atoms with Gasteiger partial charge in [-0.25, -0.2) is 0 Å². The number of benzene rings is 1. The maximum Gasteiger partial charge on any atom is 0.125 e. The molecule has 2 atom stereocenters. The van der Waals surface area contributed by atoms with Crippen LogP contribution >= 0.6 is 0 Å². The molecule has 4 nitrogen and oxygen atoms in total. The Hall–Kier alpha value is -1.26. The number of aryl methyl sites for hydroxylation is 1. The molecule has 1 rings (SSSR count). The molecule has 0 amide bonds. The molecule has 0 aromatic heterocycles. The topological polar surface area (TPSA) is 64.7 Å². The van der Waals surface area contributed by atoms with Crippen molar-refractivity contribution >= 4 is 0 Å². The summed E-state index contributed by atoms with van der Waals surface area (Å²) in [4.78, 5) is 0. The van der Waals surface area contributed by atoms with E-state index in [1.807, 2.05) is 26.0 Å². The van der Waals surface area contributed by atoms with Crippen LogP contribution in [0.1, 0.15) is 72.3 Å². The van der Waals surface area contributed by atoms with Crippen molar-refractivity contribution in [3.63, 3.8) is 0 Å². The summed E-state index contributed by atoms with van der Waals surface area (Å²) in [6, 6.07) is 6.03. The molecule has 162 valence electrons. The molecule has 0 saturated carbocycles. The van der Waals surface area contributed by atoms with Gasteiger partial charge in [-0.3, -0.25) is 0 Å². The third-order valence-electron chi connectivity index (χ3n) is 5.92. The molecular weight excluding hydrogens is 350 g/mol. The fourth-order valence-corrected chi connectivity index (χ4v) is 3.34. The Morgan fingerprint density at radius 3 is 2.36 bits per heavy atom. The maximum atomic E-state index is 9.65. The molecule has 0 fully saturated rings. The second-order valence-corrected chi connectivity index (χ2v) is 9.09. The first-order valence-corrected chi connectivity index (χ1v) is 10.9. The van der Waals surface area contributed by atoms with Crippen LogP contribution in [-0.4, -0.2) is 31.0 Å². The molecule has 0 aliphatic heterocycles. The first-order chi connectivity index (χ1) is 13.2. The second-order valence-electron chi connectivity index (χ2n) is 9.09. The highest BCUT2D eigenvalue weighted by Gasteiger charge is 2.28. The average molecular weight is 394 g/mol. The monoisotopic (exact) mass is 393 g/mol. The molecule has 0 heterocycles. The van der Waals surface area contributed by atoms with E-state index in [4.69, 9.17) is 15.2 Å². The second kappa shape index (κ2) is 12.3. The highest BCUT2D eigenvalue weighted by Crippen LogP contribution is 2.29. The van der Waals surface area contributed by atoms with Crippen LogP contribution in [0.5, 0.6) is 11.5 Å². The Kier molecular flexibility index (Phi) is 10.9. The molecule has 0 bridgehead atoms. The van der Waals surface area contributed by atoms with Gasteiger partial charge in [-0.15, -0.1) is 0 Å². The minimum Gasteiger partial charge on any atom is -0.496 e. The molecule has 4 heteroatoms. The summed E-state index contributed by atoms with van der Waals surface area (Å²) in [6.07, 6.45) is 6.43. The standard InChI is InChI=1S/C24H43NO3/c1-18(2)8-7-9-20(5)13-15-28-22-11-10-21(23(16-22)27-6)12-14-24(25,17-26)19(3)4/h10-11,16,18-20,26H,7-9,12-15,17,25H2,1-6H3/t20?,24-/m1/s1. The third-order valence-corrected chi connectivity index (χ3v) is 5.92. The van der Waals surface area contributed by atoms with E-state index in [0.717, 1.165) is 42.4 Å². The predicted octanol–water partition coefficient (Wildman–Crippen LogP) is 5.20. The van der Waals surface area contributed by atoms with E-state index in [1.165, 1.54) is 19.3 Å². The summed E-state index contributed by atoms with van der Waals surface area (Å²) >= 11 is 0. The van der Waals surface area contributed by atoms with E-state index in [1.54, 1.807) is 7.11 Å². The highest BCUT2D eigenvalue weighted by molar-refractivity contribution is 5.41. The van der Waals surface area contributed by atoms with Gasteiger partial charge in [-0.2, -0.15) is 0 Å². The van der Waals surface area contributed by atoms with Gasteiger partial charge in [0, 0.05) is 11.6 Å². The van der Waals surface area contributed by atoms with Crippen molar-refractivity contribution in [2.45, 2.75) is 78.7 Å². The molecule has 0 aliphatic carbocycles. The smallest absolute Gasteiger partial charge is 0.125 e. The van der Waals surface area contributed by atoms with E-state index < -0.39 is 5.54 Å². The van der Waals surface area contributed by atoms with Crippen molar-refractivity contribution in [1.29, 1.82) is 0 Å². The minimum absolute atomic E-state index is 0.0104. The number of aliphatic hydroxyl groups excluding tert-OH is 1. The number of nitrogens with two attached hydrogens (primary N) is 1. The lowest BCUT2D eigenvalue weighted by Crippen LogP contribution is -2.48. The minimum atomic E-state index is -0.564. The van der Waals surface area contributed by atoms with Gasteiger partial charge < -0.3 is 20.3 Å². The zero-order valence-electron chi connectivity index (χ0n) is 19.0. The van der Waals surface area contributed by atoms with Gasteiger partial charge in [0.25, 0.3) is 0 Å². The summed E-state index contributed by atoms with van der Waals surface area (Å²) < 4.78 is 11.5. The Labute approximate surface area is 172 Å². The van der Waals surface area contributed by atoms with Crippen LogP contribution in [0.4, 0.5) is 0 Å². The molecule has 3 N–H and O–H groups in total. The van der Waals surface area contributed by atoms with E-state index >= 15 is 0 Å². The van der Waals surface area contributed by atoms with Crippen LogP contribution < -0.4 is 15.2 Å². The summed E-state index contributed by atoms with van der Waals surface area (Å²) in [5.74, 6) is 3.36. The number of rotatable bonds is 14. The maximum absolute atomic E-state index is 9.65. The summed E-state index contributed by atoms with van der Waals surface area (Å²) in [7, 11) is 1.68. The van der Waals surface area contributed by atoms with Gasteiger partial charge in [0.1, 0.15) is 11.5 Å². The number of ether oxygens (including phenoxy) is 2. The van der Waals surface area contributed by atoms with E-state index in [2.05, 4.69) is 26.8 Å². The molecular formula is C24H43NO3. The zero-order chi connectivity index (χ0) is 21.2. The third kappa shape index (κ3) is 8.40. The molecule has 1 aromatic rings. The normalized spacial score (nSPS) is 14.9. The van der Waals surface area contributed by atoms with Crippen molar-refractivity contribution in [2.24, 2.45) is 23.5 Å². The van der Waals surface area contributed by atoms with Crippen LogP contribution in [0, 0.1) is 17.8 Å². The quantitative estimate of drug-likeness (QED) is 0.456. The SMILES string of the molecule is COc1cc(OCCC(C)CCCC(C)C)ccc1CC[C@@](N)(CO)C(C)C. The molecule has 0 saturated heterocycles. The van der Waals surface area contributed by atoms with Crippen molar-refractivity contribution in [2.75, 3.05) is 20.3 Å². The largest absolute Gasteiger partial charge is 0.496 e. The molecule has 1 aromatic carbocycles. The van der Waals surface area contributed by atoms with Gasteiger partial charge >= 0.3 is 0 Å². The van der Waals surface area contributed by atoms with Crippen LogP contribution in [0.2, 0.25) is 0 Å². The van der Waals surface area contributed by atoms with Crippen LogP contribution in [0.3, 0.4) is 0 Å². The van der Waals surface area contributed by atoms with E-state index in [9.17, 15) is 5.11 Å². The molecule has 1 unspecified atom stereocenters. The van der Waals surface area contributed by atoms with Crippen molar-refractivity contribution in [1.82, 2.24) is 0 Å². The predicted molar refractivity (Wildman–Crippen MR) is 118 cm³/mol. The summed E-state index contributed by atoms with van der Waals surface area (Å²) in [5.41, 5.74) is 6.87. The number of hydrogen-bond acceptors (Lipinski definition) is 4. The summed E-state index contributed by atoms with van der Waals surface area (Å²) in [5, 5.41) is 9.65. The number of aliphatic hydroxyl groups is 1. The van der Waals surface area contributed by atoms with Gasteiger partial charge in [0.2, 0.25) is 0 Å². The molecule has 28 heavy (non-hydrogen) atoms. The van der Waals surface area contributed by atoms with Crippen molar-refractivity contribution < 1.29 is 14.6 Å². The van der Waals surface area contributed by atoms with Crippen molar-refractivity contribution in [3.8, 4) is 11.5 Å². The molecule has 0 aliphatic rings. The molecule has 0 radical (unpaired) electrons. The lowest BCUT2D eigenvalue weighted by molar-refractivity contribution is 0.146. The van der Waals surface area contributed by atoms with Gasteiger partial charge in [-0.05, 0) is 48.6 Å². The van der Waals surface area contributed by atoms with Gasteiger partial charge in [-0.1, -0.05) is 59.9 Å². The fourth-order valence-electron chi connectivity index (χ4n) is 3.34. The Balaban J connectivity index is 2.54. The van der Waals surface area contributed by atoms with E-state index in [-0.39, 0.29) is 12.5 Å². The lowest BCUT2D eigenvalue weighted by Gasteiger charge is -2.31. The van der Waals surface area contributed by atoms with Crippen LogP contribution in [-0.2, 0) is 6.42 Å². The first-order valence-electron chi connectivity index (χ1n) is 10.9. The van der Waals surface area contributed by atoms with Crippen LogP contribution in [0.15, 0.2) is 18.2 Å². The van der Waals surface area contributed by atoms with Gasteiger partial charge in [0.05, 0.1) is 20.3 Å². The average Bonchev–Trinajstić information content (AvgIpc) is 2.65. The van der Waals surface area contributed by atoms with Gasteiger partial charge in [0.15, 0.2) is 0 Å². The Morgan fingerprint density at radius 1 is 1.07 bits per heavy atom. The van der Waals surface area contributed by atoms with Crippen LogP contribution in [0.25, 0.3) is 0 Å². The van der Waals surface area contributed by atoms with Crippen molar-refractivity contribution in [3.05, 3.63) is 23.8 Å². The fraction of sp³-hybridized carbons (Fsp3) is 0.750. The number of methoxy groups -OCH3 is 1. The lowest BCUT2D eigenvalue weighted by atomic mass is 9.83. The highest BCUT2D eigenvalue weighted by atomic mass is 16.5. The van der Waals surface area contributed by atoms with E-state index in [0.29, 0.717) is 12.3 Å². The summed E-state index contributed by atoms with van der Waals surface area (Å²) in [6.45, 7) is 11.7. The zero-order valence-corrected chi connectivity index (χ0v) is 19.0. The number of hydrogen-bond donors (Lipinski definition) is 2. The Morgan fingerprint density at radius 2 is 1.79 bits per heavy atom. The first kappa shape index (κ1) is 24.8. The molecule has 0 spiro atoms.